The van der Waals surface area contributed by atoms with E-state index in [0.29, 0.717) is 10.7 Å². The largest absolute Gasteiger partial charge is 0.320 e. The summed E-state index contributed by atoms with van der Waals surface area (Å²) in [6, 6.07) is 14.7. The van der Waals surface area contributed by atoms with Crippen LogP contribution >= 0.6 is 11.3 Å². The Balaban J connectivity index is 1.69. The van der Waals surface area contributed by atoms with Gasteiger partial charge in [0.25, 0.3) is 11.8 Å². The van der Waals surface area contributed by atoms with E-state index in [9.17, 15) is 9.59 Å². The molecule has 6 heteroatoms. The van der Waals surface area contributed by atoms with Gasteiger partial charge in [-0.25, -0.2) is 4.98 Å². The SMILES string of the molecule is Cc1ccc(C)c(NC(=O)c2csc(NC(=O)c3ccccc3)n2)c1. The molecule has 0 radical (unpaired) electrons. The highest BCUT2D eigenvalue weighted by Gasteiger charge is 2.14. The highest BCUT2D eigenvalue weighted by Crippen LogP contribution is 2.20. The molecule has 126 valence electrons. The number of rotatable bonds is 4. The first-order valence-corrected chi connectivity index (χ1v) is 8.61. The van der Waals surface area contributed by atoms with Gasteiger partial charge in [-0.1, -0.05) is 30.3 Å². The van der Waals surface area contributed by atoms with E-state index in [1.54, 1.807) is 29.6 Å². The number of aromatic nitrogens is 1. The van der Waals surface area contributed by atoms with Gasteiger partial charge >= 0.3 is 0 Å². The molecule has 0 atom stereocenters. The zero-order valence-corrected chi connectivity index (χ0v) is 14.7. The molecule has 1 heterocycles. The molecule has 2 N–H and O–H groups in total. The Kier molecular flexibility index (Phi) is 4.90. The highest BCUT2D eigenvalue weighted by atomic mass is 32.1. The normalized spacial score (nSPS) is 10.3. The standard InChI is InChI=1S/C19H17N3O2S/c1-12-8-9-13(2)15(10-12)20-18(24)16-11-25-19(21-16)22-17(23)14-6-4-3-5-7-14/h3-11H,1-2H3,(H,20,24)(H,21,22,23). The summed E-state index contributed by atoms with van der Waals surface area (Å²) in [6.45, 7) is 3.90. The molecule has 5 nitrogen and oxygen atoms in total. The van der Waals surface area contributed by atoms with Gasteiger partial charge in [-0.05, 0) is 43.2 Å². The maximum atomic E-state index is 12.4. The van der Waals surface area contributed by atoms with Gasteiger partial charge in [-0.3, -0.25) is 14.9 Å². The quantitative estimate of drug-likeness (QED) is 0.737. The number of benzene rings is 2. The third kappa shape index (κ3) is 4.10. The fourth-order valence-electron chi connectivity index (χ4n) is 2.25. The smallest absolute Gasteiger partial charge is 0.275 e. The third-order valence-corrected chi connectivity index (χ3v) is 4.39. The van der Waals surface area contributed by atoms with Gasteiger partial charge in [-0.2, -0.15) is 0 Å². The van der Waals surface area contributed by atoms with Gasteiger partial charge in [0, 0.05) is 16.6 Å². The molecule has 0 saturated heterocycles. The number of thiazole rings is 1. The summed E-state index contributed by atoms with van der Waals surface area (Å²) in [5, 5.41) is 7.58. The Morgan fingerprint density at radius 3 is 2.48 bits per heavy atom. The van der Waals surface area contributed by atoms with Crippen molar-refractivity contribution in [2.75, 3.05) is 10.6 Å². The number of hydrogen-bond acceptors (Lipinski definition) is 4. The van der Waals surface area contributed by atoms with Crippen molar-refractivity contribution in [3.63, 3.8) is 0 Å². The number of carbonyl (C=O) groups is 2. The zero-order valence-electron chi connectivity index (χ0n) is 13.9. The van der Waals surface area contributed by atoms with Crippen molar-refractivity contribution in [2.45, 2.75) is 13.8 Å². The van der Waals surface area contributed by atoms with Gasteiger partial charge in [0.15, 0.2) is 5.13 Å². The van der Waals surface area contributed by atoms with E-state index in [0.717, 1.165) is 16.8 Å². The number of anilines is 2. The summed E-state index contributed by atoms with van der Waals surface area (Å²) in [4.78, 5) is 28.7. The second-order valence-electron chi connectivity index (χ2n) is 5.63. The average molecular weight is 351 g/mol. The minimum Gasteiger partial charge on any atom is -0.320 e. The van der Waals surface area contributed by atoms with Crippen LogP contribution in [0.15, 0.2) is 53.9 Å². The van der Waals surface area contributed by atoms with E-state index in [2.05, 4.69) is 15.6 Å². The molecule has 0 bridgehead atoms. The highest BCUT2D eigenvalue weighted by molar-refractivity contribution is 7.14. The summed E-state index contributed by atoms with van der Waals surface area (Å²) < 4.78 is 0. The van der Waals surface area contributed by atoms with Crippen LogP contribution in [0, 0.1) is 13.8 Å². The number of amides is 2. The van der Waals surface area contributed by atoms with Gasteiger partial charge in [-0.15, -0.1) is 11.3 Å². The summed E-state index contributed by atoms with van der Waals surface area (Å²) in [6.07, 6.45) is 0. The molecule has 3 rings (SSSR count). The van der Waals surface area contributed by atoms with Crippen molar-refractivity contribution >= 4 is 34.0 Å². The van der Waals surface area contributed by atoms with Gasteiger partial charge in [0.05, 0.1) is 0 Å². The number of hydrogen-bond donors (Lipinski definition) is 2. The van der Waals surface area contributed by atoms with E-state index in [1.807, 2.05) is 38.1 Å². The van der Waals surface area contributed by atoms with E-state index in [-0.39, 0.29) is 17.5 Å². The molecular formula is C19H17N3O2S. The molecule has 0 fully saturated rings. The minimum absolute atomic E-state index is 0.253. The molecule has 1 aromatic heterocycles. The number of nitrogens with one attached hydrogen (secondary N) is 2. The summed E-state index contributed by atoms with van der Waals surface area (Å²) in [5.41, 5.74) is 3.61. The van der Waals surface area contributed by atoms with Crippen molar-refractivity contribution < 1.29 is 9.59 Å². The van der Waals surface area contributed by atoms with Crippen LogP contribution < -0.4 is 10.6 Å². The predicted octanol–water partition coefficient (Wildman–Crippen LogP) is 4.26. The lowest BCUT2D eigenvalue weighted by Crippen LogP contribution is -2.14. The Morgan fingerprint density at radius 2 is 1.72 bits per heavy atom. The molecular weight excluding hydrogens is 334 g/mol. The minimum atomic E-state index is -0.301. The molecule has 25 heavy (non-hydrogen) atoms. The summed E-state index contributed by atoms with van der Waals surface area (Å²) in [7, 11) is 0. The van der Waals surface area contributed by atoms with Crippen molar-refractivity contribution in [3.05, 3.63) is 76.3 Å². The maximum Gasteiger partial charge on any atom is 0.275 e. The lowest BCUT2D eigenvalue weighted by molar-refractivity contribution is 0.101. The van der Waals surface area contributed by atoms with Crippen LogP contribution in [0.4, 0.5) is 10.8 Å². The van der Waals surface area contributed by atoms with E-state index in [4.69, 9.17) is 0 Å². The molecule has 0 spiro atoms. The van der Waals surface area contributed by atoms with Crippen molar-refractivity contribution in [1.29, 1.82) is 0 Å². The van der Waals surface area contributed by atoms with Crippen LogP contribution in [0.25, 0.3) is 0 Å². The van der Waals surface area contributed by atoms with Gasteiger partial charge < -0.3 is 5.32 Å². The zero-order chi connectivity index (χ0) is 17.8. The molecule has 2 aromatic carbocycles. The van der Waals surface area contributed by atoms with Crippen LogP contribution in [0.1, 0.15) is 32.0 Å². The van der Waals surface area contributed by atoms with Gasteiger partial charge in [0.2, 0.25) is 0 Å². The van der Waals surface area contributed by atoms with Crippen molar-refractivity contribution in [1.82, 2.24) is 4.98 Å². The van der Waals surface area contributed by atoms with Crippen LogP contribution in [0.3, 0.4) is 0 Å². The summed E-state index contributed by atoms with van der Waals surface area (Å²) >= 11 is 1.21. The van der Waals surface area contributed by atoms with Gasteiger partial charge in [0.1, 0.15) is 5.69 Å². The van der Waals surface area contributed by atoms with Crippen LogP contribution in [-0.4, -0.2) is 16.8 Å². The lowest BCUT2D eigenvalue weighted by atomic mass is 10.1. The Morgan fingerprint density at radius 1 is 0.960 bits per heavy atom. The predicted molar refractivity (Wildman–Crippen MR) is 100 cm³/mol. The fourth-order valence-corrected chi connectivity index (χ4v) is 2.94. The molecule has 0 saturated carbocycles. The number of nitrogens with zero attached hydrogens (tertiary/aromatic N) is 1. The Labute approximate surface area is 149 Å². The Bertz CT molecular complexity index is 919. The molecule has 0 aliphatic carbocycles. The lowest BCUT2D eigenvalue weighted by Gasteiger charge is -2.08. The number of aryl methyl sites for hydroxylation is 2. The second-order valence-corrected chi connectivity index (χ2v) is 6.49. The molecule has 0 aliphatic heterocycles. The van der Waals surface area contributed by atoms with E-state index >= 15 is 0 Å². The van der Waals surface area contributed by atoms with Crippen molar-refractivity contribution in [3.8, 4) is 0 Å². The van der Waals surface area contributed by atoms with E-state index < -0.39 is 0 Å². The number of carbonyl (C=O) groups excluding carboxylic acids is 2. The second kappa shape index (κ2) is 7.27. The fraction of sp³-hybridized carbons (Fsp3) is 0.105. The van der Waals surface area contributed by atoms with Crippen LogP contribution in [0.5, 0.6) is 0 Å². The van der Waals surface area contributed by atoms with Crippen LogP contribution in [-0.2, 0) is 0 Å². The first-order chi connectivity index (χ1) is 12.0. The van der Waals surface area contributed by atoms with E-state index in [1.165, 1.54) is 11.3 Å². The molecule has 0 aliphatic rings. The van der Waals surface area contributed by atoms with Crippen LogP contribution in [0.2, 0.25) is 0 Å². The maximum absolute atomic E-state index is 12.4. The molecule has 0 unspecified atom stereocenters. The van der Waals surface area contributed by atoms with Crippen molar-refractivity contribution in [2.24, 2.45) is 0 Å². The average Bonchev–Trinajstić information content (AvgIpc) is 3.07. The topological polar surface area (TPSA) is 71.1 Å². The Hall–Kier alpha value is -2.99. The first-order valence-electron chi connectivity index (χ1n) is 7.73. The summed E-state index contributed by atoms with van der Waals surface area (Å²) in [5.74, 6) is -0.554. The monoisotopic (exact) mass is 351 g/mol. The first kappa shape index (κ1) is 16.9. The molecule has 3 aromatic rings. The third-order valence-electron chi connectivity index (χ3n) is 3.63. The molecule has 2 amide bonds.